The number of methoxy groups -OCH3 is 1. The molecule has 2 N–H and O–H groups in total. The number of hydrogen-bond donors (Lipinski definition) is 1. The molecule has 1 aromatic rings. The summed E-state index contributed by atoms with van der Waals surface area (Å²) in [6.07, 6.45) is -0.491. The average molecular weight is 219 g/mol. The van der Waals surface area contributed by atoms with E-state index in [9.17, 15) is 13.2 Å². The van der Waals surface area contributed by atoms with Gasteiger partial charge in [-0.2, -0.15) is 0 Å². The summed E-state index contributed by atoms with van der Waals surface area (Å²) < 4.78 is 44.4. The number of hydrogen-bond acceptors (Lipinski definition) is 2. The van der Waals surface area contributed by atoms with Crippen LogP contribution in [0, 0.1) is 5.82 Å². The molecular weight excluding hydrogens is 207 g/mol. The lowest BCUT2D eigenvalue weighted by Crippen LogP contribution is -2.19. The molecule has 5 heteroatoms. The highest BCUT2D eigenvalue weighted by atomic mass is 19.3. The van der Waals surface area contributed by atoms with E-state index in [1.165, 1.54) is 7.11 Å². The fourth-order valence-electron chi connectivity index (χ4n) is 1.28. The maximum atomic E-state index is 13.5. The van der Waals surface area contributed by atoms with Gasteiger partial charge < -0.3 is 10.5 Å². The van der Waals surface area contributed by atoms with Gasteiger partial charge >= 0.3 is 0 Å². The van der Waals surface area contributed by atoms with Gasteiger partial charge in [-0.05, 0) is 18.7 Å². The zero-order chi connectivity index (χ0) is 11.5. The van der Waals surface area contributed by atoms with Crippen LogP contribution in [-0.2, 0) is 5.92 Å². The largest absolute Gasteiger partial charge is 0.496 e. The van der Waals surface area contributed by atoms with E-state index >= 15 is 0 Å². The number of benzene rings is 1. The molecule has 0 heterocycles. The second-order valence-electron chi connectivity index (χ2n) is 3.09. The Morgan fingerprint density at radius 3 is 2.60 bits per heavy atom. The van der Waals surface area contributed by atoms with E-state index in [2.05, 4.69) is 0 Å². The molecule has 0 aliphatic rings. The molecule has 15 heavy (non-hydrogen) atoms. The Balaban J connectivity index is 3.12. The van der Waals surface area contributed by atoms with Crippen molar-refractivity contribution >= 4 is 0 Å². The summed E-state index contributed by atoms with van der Waals surface area (Å²) in [5.41, 5.74) is 4.74. The van der Waals surface area contributed by atoms with E-state index < -0.39 is 18.2 Å². The van der Waals surface area contributed by atoms with Crippen molar-refractivity contribution in [1.82, 2.24) is 0 Å². The molecule has 0 saturated heterocycles. The van der Waals surface area contributed by atoms with Crippen LogP contribution < -0.4 is 10.5 Å². The lowest BCUT2D eigenvalue weighted by Gasteiger charge is -2.18. The predicted octanol–water partition coefficient (Wildman–Crippen LogP) is 2.27. The molecular formula is C10H12F3NO. The highest BCUT2D eigenvalue weighted by molar-refractivity contribution is 5.37. The van der Waals surface area contributed by atoms with E-state index in [1.54, 1.807) is 0 Å². The SMILES string of the molecule is COc1cc(F)ccc1C(F)(F)CCN. The van der Waals surface area contributed by atoms with Crippen molar-refractivity contribution in [1.29, 1.82) is 0 Å². The maximum absolute atomic E-state index is 13.5. The number of alkyl halides is 2. The first-order valence-corrected chi connectivity index (χ1v) is 4.43. The first-order chi connectivity index (χ1) is 7.01. The number of halogens is 3. The van der Waals surface area contributed by atoms with Gasteiger partial charge in [0.2, 0.25) is 0 Å². The first kappa shape index (κ1) is 11.8. The van der Waals surface area contributed by atoms with E-state index in [1.807, 2.05) is 0 Å². The van der Waals surface area contributed by atoms with Crippen LogP contribution in [0.15, 0.2) is 18.2 Å². The summed E-state index contributed by atoms with van der Waals surface area (Å²) in [4.78, 5) is 0. The third-order valence-corrected chi connectivity index (χ3v) is 2.02. The summed E-state index contributed by atoms with van der Waals surface area (Å²) >= 11 is 0. The van der Waals surface area contributed by atoms with Crippen LogP contribution >= 0.6 is 0 Å². The van der Waals surface area contributed by atoms with Crippen LogP contribution in [0.2, 0.25) is 0 Å². The van der Waals surface area contributed by atoms with Crippen LogP contribution in [0.3, 0.4) is 0 Å². The zero-order valence-electron chi connectivity index (χ0n) is 8.27. The summed E-state index contributed by atoms with van der Waals surface area (Å²) in [5, 5.41) is 0. The topological polar surface area (TPSA) is 35.2 Å². The molecule has 1 aromatic carbocycles. The summed E-state index contributed by atoms with van der Waals surface area (Å²) in [6, 6.07) is 2.92. The Kier molecular flexibility index (Phi) is 3.57. The first-order valence-electron chi connectivity index (χ1n) is 4.43. The second-order valence-corrected chi connectivity index (χ2v) is 3.09. The van der Waals surface area contributed by atoms with Crippen LogP contribution in [0.5, 0.6) is 5.75 Å². The van der Waals surface area contributed by atoms with Crippen LogP contribution in [0.1, 0.15) is 12.0 Å². The number of nitrogens with two attached hydrogens (primary N) is 1. The molecule has 84 valence electrons. The van der Waals surface area contributed by atoms with Gasteiger partial charge in [0, 0.05) is 12.5 Å². The minimum atomic E-state index is -3.09. The molecule has 0 aliphatic heterocycles. The number of ether oxygens (including phenoxy) is 1. The Morgan fingerprint density at radius 2 is 2.07 bits per heavy atom. The third-order valence-electron chi connectivity index (χ3n) is 2.02. The van der Waals surface area contributed by atoms with Crippen LogP contribution in [-0.4, -0.2) is 13.7 Å². The highest BCUT2D eigenvalue weighted by Gasteiger charge is 2.33. The minimum absolute atomic E-state index is 0.145. The van der Waals surface area contributed by atoms with Gasteiger partial charge in [0.25, 0.3) is 5.92 Å². The Bertz CT molecular complexity index is 341. The molecule has 0 saturated carbocycles. The second kappa shape index (κ2) is 4.53. The molecule has 2 nitrogen and oxygen atoms in total. The van der Waals surface area contributed by atoms with Gasteiger partial charge in [0.1, 0.15) is 11.6 Å². The van der Waals surface area contributed by atoms with Gasteiger partial charge in [-0.3, -0.25) is 0 Å². The van der Waals surface area contributed by atoms with Crippen molar-refractivity contribution in [3.63, 3.8) is 0 Å². The Hall–Kier alpha value is -1.23. The smallest absolute Gasteiger partial charge is 0.278 e. The Labute approximate surface area is 85.8 Å². The van der Waals surface area contributed by atoms with Crippen molar-refractivity contribution in [2.24, 2.45) is 5.73 Å². The van der Waals surface area contributed by atoms with Gasteiger partial charge in [-0.1, -0.05) is 0 Å². The van der Waals surface area contributed by atoms with E-state index in [0.29, 0.717) is 0 Å². The van der Waals surface area contributed by atoms with Crippen molar-refractivity contribution < 1.29 is 17.9 Å². The molecule has 0 atom stereocenters. The molecule has 1 rings (SSSR count). The quantitative estimate of drug-likeness (QED) is 0.843. The number of rotatable bonds is 4. The predicted molar refractivity (Wildman–Crippen MR) is 50.5 cm³/mol. The van der Waals surface area contributed by atoms with Crippen LogP contribution in [0.4, 0.5) is 13.2 Å². The fraction of sp³-hybridized carbons (Fsp3) is 0.400. The van der Waals surface area contributed by atoms with Crippen molar-refractivity contribution in [3.05, 3.63) is 29.6 Å². The fourth-order valence-corrected chi connectivity index (χ4v) is 1.28. The van der Waals surface area contributed by atoms with Crippen LogP contribution in [0.25, 0.3) is 0 Å². The highest BCUT2D eigenvalue weighted by Crippen LogP contribution is 2.37. The molecule has 0 amide bonds. The van der Waals surface area contributed by atoms with Gasteiger partial charge in [0.05, 0.1) is 12.7 Å². The van der Waals surface area contributed by atoms with Crippen molar-refractivity contribution in [2.45, 2.75) is 12.3 Å². The lowest BCUT2D eigenvalue weighted by molar-refractivity contribution is -0.0128. The molecule has 0 radical (unpaired) electrons. The minimum Gasteiger partial charge on any atom is -0.496 e. The molecule has 0 aromatic heterocycles. The summed E-state index contributed by atoms with van der Waals surface area (Å²) in [6.45, 7) is -0.145. The normalized spacial score (nSPS) is 11.5. The lowest BCUT2D eigenvalue weighted by atomic mass is 10.0. The Morgan fingerprint density at radius 1 is 1.40 bits per heavy atom. The zero-order valence-corrected chi connectivity index (χ0v) is 8.27. The van der Waals surface area contributed by atoms with Gasteiger partial charge in [-0.15, -0.1) is 0 Å². The van der Waals surface area contributed by atoms with E-state index in [4.69, 9.17) is 10.5 Å². The third kappa shape index (κ3) is 2.62. The average Bonchev–Trinajstić information content (AvgIpc) is 2.17. The summed E-state index contributed by atoms with van der Waals surface area (Å²) in [7, 11) is 1.22. The monoisotopic (exact) mass is 219 g/mol. The summed E-state index contributed by atoms with van der Waals surface area (Å²) in [5.74, 6) is -3.86. The van der Waals surface area contributed by atoms with Gasteiger partial charge in [-0.25, -0.2) is 13.2 Å². The maximum Gasteiger partial charge on any atom is 0.278 e. The standard InChI is InChI=1S/C10H12F3NO/c1-15-9-6-7(11)2-3-8(9)10(12,13)4-5-14/h2-3,6H,4-5,14H2,1H3. The molecule has 0 spiro atoms. The van der Waals surface area contributed by atoms with Gasteiger partial charge in [0.15, 0.2) is 0 Å². The molecule has 0 aliphatic carbocycles. The van der Waals surface area contributed by atoms with Crippen molar-refractivity contribution in [2.75, 3.05) is 13.7 Å². The molecule has 0 unspecified atom stereocenters. The van der Waals surface area contributed by atoms with Crippen molar-refractivity contribution in [3.8, 4) is 5.75 Å². The van der Waals surface area contributed by atoms with E-state index in [-0.39, 0.29) is 17.9 Å². The van der Waals surface area contributed by atoms with E-state index in [0.717, 1.165) is 18.2 Å². The molecule has 0 fully saturated rings. The molecule has 0 bridgehead atoms.